The lowest BCUT2D eigenvalue weighted by Gasteiger charge is -2.18. The van der Waals surface area contributed by atoms with Crippen molar-refractivity contribution in [1.82, 2.24) is 4.31 Å². The van der Waals surface area contributed by atoms with Gasteiger partial charge >= 0.3 is 0 Å². The molecule has 0 bridgehead atoms. The van der Waals surface area contributed by atoms with Crippen molar-refractivity contribution in [3.8, 4) is 0 Å². The van der Waals surface area contributed by atoms with Crippen molar-refractivity contribution in [2.75, 3.05) is 26.8 Å². The average molecular weight is 337 g/mol. The van der Waals surface area contributed by atoms with Crippen molar-refractivity contribution < 1.29 is 18.1 Å². The molecule has 1 aromatic rings. The van der Waals surface area contributed by atoms with Gasteiger partial charge in [0, 0.05) is 26.3 Å². The van der Waals surface area contributed by atoms with E-state index in [1.165, 1.54) is 13.1 Å². The molecule has 0 heterocycles. The Hall–Kier alpha value is -1.22. The zero-order valence-electron chi connectivity index (χ0n) is 12.0. The molecule has 0 unspecified atom stereocenters. The molecule has 0 aliphatic heterocycles. The second-order valence-electron chi connectivity index (χ2n) is 4.35. The lowest BCUT2D eigenvalue weighted by atomic mass is 10.2. The molecule has 1 rings (SSSR count). The first kappa shape index (κ1) is 17.8. The number of aryl methyl sites for hydroxylation is 1. The van der Waals surface area contributed by atoms with Gasteiger partial charge in [0.25, 0.3) is 5.69 Å². The van der Waals surface area contributed by atoms with Crippen LogP contribution in [0.2, 0.25) is 5.02 Å². The van der Waals surface area contributed by atoms with E-state index < -0.39 is 20.6 Å². The Morgan fingerprint density at radius 1 is 1.43 bits per heavy atom. The van der Waals surface area contributed by atoms with E-state index in [0.717, 1.165) is 10.4 Å². The summed E-state index contributed by atoms with van der Waals surface area (Å²) in [5, 5.41) is 10.8. The van der Waals surface area contributed by atoms with Gasteiger partial charge in [-0.1, -0.05) is 11.6 Å². The van der Waals surface area contributed by atoms with Crippen LogP contribution in [0.4, 0.5) is 5.69 Å². The number of ether oxygens (including phenoxy) is 1. The van der Waals surface area contributed by atoms with Crippen LogP contribution in [0.25, 0.3) is 0 Å². The van der Waals surface area contributed by atoms with Gasteiger partial charge in [0.15, 0.2) is 0 Å². The van der Waals surface area contributed by atoms with Crippen molar-refractivity contribution in [2.24, 2.45) is 0 Å². The number of hydrogen-bond acceptors (Lipinski definition) is 5. The van der Waals surface area contributed by atoms with Gasteiger partial charge in [0.1, 0.15) is 5.02 Å². The summed E-state index contributed by atoms with van der Waals surface area (Å²) in [6.45, 7) is 4.24. The van der Waals surface area contributed by atoms with E-state index in [4.69, 9.17) is 16.3 Å². The largest absolute Gasteiger partial charge is 0.380 e. The molecule has 1 aromatic carbocycles. The van der Waals surface area contributed by atoms with Crippen LogP contribution in [0, 0.1) is 17.0 Å². The van der Waals surface area contributed by atoms with Gasteiger partial charge in [-0.15, -0.1) is 0 Å². The molecule has 0 saturated heterocycles. The fraction of sp³-hybridized carbons (Fsp3) is 0.500. The Labute approximate surface area is 128 Å². The highest BCUT2D eigenvalue weighted by Gasteiger charge is 2.26. The van der Waals surface area contributed by atoms with Gasteiger partial charge in [-0.3, -0.25) is 10.1 Å². The number of nitro groups is 1. The Morgan fingerprint density at radius 3 is 2.57 bits per heavy atom. The summed E-state index contributed by atoms with van der Waals surface area (Å²) >= 11 is 5.76. The van der Waals surface area contributed by atoms with E-state index in [9.17, 15) is 18.5 Å². The van der Waals surface area contributed by atoms with Crippen molar-refractivity contribution in [3.05, 3.63) is 32.8 Å². The Balaban J connectivity index is 3.19. The fourth-order valence-corrected chi connectivity index (χ4v) is 3.35. The summed E-state index contributed by atoms with van der Waals surface area (Å²) in [4.78, 5) is 10.1. The highest BCUT2D eigenvalue weighted by molar-refractivity contribution is 7.89. The highest BCUT2D eigenvalue weighted by Crippen LogP contribution is 2.31. The molecule has 9 heteroatoms. The number of halogens is 1. The Bertz CT molecular complexity index is 633. The monoisotopic (exact) mass is 336 g/mol. The minimum Gasteiger partial charge on any atom is -0.380 e. The number of benzene rings is 1. The smallest absolute Gasteiger partial charge is 0.289 e. The number of sulfonamides is 1. The van der Waals surface area contributed by atoms with Gasteiger partial charge in [-0.05, 0) is 25.5 Å². The molecule has 0 amide bonds. The maximum absolute atomic E-state index is 12.4. The van der Waals surface area contributed by atoms with Gasteiger partial charge in [0.05, 0.1) is 16.4 Å². The quantitative estimate of drug-likeness (QED) is 0.432. The van der Waals surface area contributed by atoms with E-state index >= 15 is 0 Å². The van der Waals surface area contributed by atoms with Crippen LogP contribution in [0.1, 0.15) is 12.5 Å². The van der Waals surface area contributed by atoms with E-state index in [2.05, 4.69) is 0 Å². The van der Waals surface area contributed by atoms with Crippen molar-refractivity contribution >= 4 is 27.3 Å². The van der Waals surface area contributed by atoms with Crippen LogP contribution in [0.3, 0.4) is 0 Å². The van der Waals surface area contributed by atoms with E-state index in [0.29, 0.717) is 12.2 Å². The van der Waals surface area contributed by atoms with Crippen molar-refractivity contribution in [2.45, 2.75) is 18.7 Å². The summed E-state index contributed by atoms with van der Waals surface area (Å²) in [5.74, 6) is 0. The van der Waals surface area contributed by atoms with Crippen LogP contribution in [0.15, 0.2) is 17.0 Å². The molecule has 21 heavy (non-hydrogen) atoms. The summed E-state index contributed by atoms with van der Waals surface area (Å²) in [7, 11) is -2.44. The highest BCUT2D eigenvalue weighted by atomic mass is 35.5. The van der Waals surface area contributed by atoms with Gasteiger partial charge < -0.3 is 4.74 Å². The number of nitrogens with zero attached hydrogens (tertiary/aromatic N) is 2. The maximum atomic E-state index is 12.4. The number of nitro benzene ring substituents is 1. The molecular weight excluding hydrogens is 320 g/mol. The van der Waals surface area contributed by atoms with Crippen molar-refractivity contribution in [3.63, 3.8) is 0 Å². The van der Waals surface area contributed by atoms with Crippen LogP contribution >= 0.6 is 11.6 Å². The average Bonchev–Trinajstić information content (AvgIpc) is 2.37. The van der Waals surface area contributed by atoms with E-state index in [-0.39, 0.29) is 23.1 Å². The zero-order chi connectivity index (χ0) is 16.2. The van der Waals surface area contributed by atoms with Gasteiger partial charge in [-0.2, -0.15) is 4.31 Å². The first-order chi connectivity index (χ1) is 9.71. The van der Waals surface area contributed by atoms with E-state index in [1.54, 1.807) is 13.8 Å². The maximum Gasteiger partial charge on any atom is 0.289 e. The standard InChI is InChI=1S/C12H17ClN2O5S/c1-4-20-6-5-14(3)21(18,19)12-8-11(15(16)17)10(13)7-9(12)2/h7-8H,4-6H2,1-3H3. The molecule has 0 atom stereocenters. The first-order valence-corrected chi connectivity index (χ1v) is 8.02. The first-order valence-electron chi connectivity index (χ1n) is 6.20. The van der Waals surface area contributed by atoms with E-state index in [1.807, 2.05) is 0 Å². The second-order valence-corrected chi connectivity index (χ2v) is 6.77. The molecule has 118 valence electrons. The summed E-state index contributed by atoms with van der Waals surface area (Å²) in [6.07, 6.45) is 0. The second kappa shape index (κ2) is 7.17. The third kappa shape index (κ3) is 4.13. The molecule has 0 spiro atoms. The third-order valence-corrected chi connectivity index (χ3v) is 5.19. The Morgan fingerprint density at radius 2 is 2.05 bits per heavy atom. The molecule has 0 aliphatic carbocycles. The summed E-state index contributed by atoms with van der Waals surface area (Å²) in [6, 6.07) is 2.27. The minimum absolute atomic E-state index is 0.0894. The predicted octanol–water partition coefficient (Wildman–Crippen LogP) is 2.21. The summed E-state index contributed by atoms with van der Waals surface area (Å²) in [5.41, 5.74) is -0.0760. The third-order valence-electron chi connectivity index (χ3n) is 2.88. The molecule has 7 nitrogen and oxygen atoms in total. The van der Waals surface area contributed by atoms with Crippen LogP contribution in [-0.2, 0) is 14.8 Å². The van der Waals surface area contributed by atoms with Gasteiger partial charge in [-0.25, -0.2) is 8.42 Å². The summed E-state index contributed by atoms with van der Waals surface area (Å²) < 4.78 is 31.1. The lowest BCUT2D eigenvalue weighted by Crippen LogP contribution is -2.30. The topological polar surface area (TPSA) is 89.8 Å². The molecule has 0 fully saturated rings. The Kier molecular flexibility index (Phi) is 6.09. The number of likely N-dealkylation sites (N-methyl/N-ethyl adjacent to an activating group) is 1. The van der Waals surface area contributed by atoms with Crippen LogP contribution < -0.4 is 0 Å². The minimum atomic E-state index is -3.83. The van der Waals surface area contributed by atoms with Crippen LogP contribution in [-0.4, -0.2) is 44.5 Å². The molecular formula is C12H17ClN2O5S. The predicted molar refractivity (Wildman–Crippen MR) is 79.2 cm³/mol. The number of hydrogen-bond donors (Lipinski definition) is 0. The lowest BCUT2D eigenvalue weighted by molar-refractivity contribution is -0.384. The van der Waals surface area contributed by atoms with Crippen LogP contribution in [0.5, 0.6) is 0 Å². The van der Waals surface area contributed by atoms with Crippen molar-refractivity contribution in [1.29, 1.82) is 0 Å². The van der Waals surface area contributed by atoms with Gasteiger partial charge in [0.2, 0.25) is 10.0 Å². The fourth-order valence-electron chi connectivity index (χ4n) is 1.69. The number of rotatable bonds is 7. The molecule has 0 aromatic heterocycles. The molecule has 0 radical (unpaired) electrons. The zero-order valence-corrected chi connectivity index (χ0v) is 13.6. The SMILES string of the molecule is CCOCCN(C)S(=O)(=O)c1cc([N+](=O)[O-])c(Cl)cc1C. The molecule has 0 aliphatic rings. The normalized spacial score (nSPS) is 11.9. The molecule has 0 saturated carbocycles. The molecule has 0 N–H and O–H groups in total.